The number of fused-ring (bicyclic) bond motifs is 1. The van der Waals surface area contributed by atoms with E-state index in [0.717, 1.165) is 5.56 Å². The number of carbonyl (C=O) groups is 2. The van der Waals surface area contributed by atoms with Gasteiger partial charge in [-0.15, -0.1) is 0 Å². The molecule has 2 amide bonds. The lowest BCUT2D eigenvalue weighted by atomic mass is 10.1. The molecular weight excluding hydrogens is 428 g/mol. The molecule has 0 N–H and O–H groups in total. The van der Waals surface area contributed by atoms with Crippen molar-refractivity contribution in [1.29, 1.82) is 0 Å². The number of nitrogens with zero attached hydrogens (tertiary/aromatic N) is 2. The first-order valence-corrected chi connectivity index (χ1v) is 10.7. The molecule has 0 bridgehead atoms. The SMILES string of the molecule is COc1cc(N2CC(C(=O)N(C)Cc3ccc4c(c3)OCCO4)CC2=O)cc(OC)c1OC. The van der Waals surface area contributed by atoms with Crippen molar-refractivity contribution in [3.8, 4) is 28.7 Å². The quantitative estimate of drug-likeness (QED) is 0.633. The highest BCUT2D eigenvalue weighted by atomic mass is 16.6. The Labute approximate surface area is 192 Å². The topological polar surface area (TPSA) is 86.8 Å². The first kappa shape index (κ1) is 22.6. The Hall–Kier alpha value is -3.62. The molecule has 2 aliphatic heterocycles. The zero-order chi connectivity index (χ0) is 23.5. The number of amides is 2. The number of anilines is 1. The van der Waals surface area contributed by atoms with E-state index in [1.807, 2.05) is 18.2 Å². The number of methoxy groups -OCH3 is 3. The Morgan fingerprint density at radius 1 is 1.03 bits per heavy atom. The highest BCUT2D eigenvalue weighted by molar-refractivity contribution is 6.00. The predicted octanol–water partition coefficient (Wildman–Crippen LogP) is 2.50. The maximum atomic E-state index is 13.1. The highest BCUT2D eigenvalue weighted by Gasteiger charge is 2.37. The van der Waals surface area contributed by atoms with Crippen LogP contribution in [0.25, 0.3) is 0 Å². The van der Waals surface area contributed by atoms with Crippen LogP contribution in [-0.2, 0) is 16.1 Å². The summed E-state index contributed by atoms with van der Waals surface area (Å²) >= 11 is 0. The van der Waals surface area contributed by atoms with E-state index in [2.05, 4.69) is 0 Å². The van der Waals surface area contributed by atoms with Gasteiger partial charge in [-0.05, 0) is 17.7 Å². The Bertz CT molecular complexity index is 1030. The van der Waals surface area contributed by atoms with Gasteiger partial charge in [0.05, 0.1) is 32.9 Å². The normalized spacial score (nSPS) is 17.0. The van der Waals surface area contributed by atoms with E-state index < -0.39 is 5.92 Å². The van der Waals surface area contributed by atoms with Gasteiger partial charge in [-0.2, -0.15) is 0 Å². The van der Waals surface area contributed by atoms with Gasteiger partial charge in [-0.25, -0.2) is 0 Å². The summed E-state index contributed by atoms with van der Waals surface area (Å²) in [4.78, 5) is 29.2. The average molecular weight is 456 g/mol. The van der Waals surface area contributed by atoms with Crippen LogP contribution in [0.15, 0.2) is 30.3 Å². The molecule has 0 spiro atoms. The Balaban J connectivity index is 1.47. The van der Waals surface area contributed by atoms with Crippen LogP contribution < -0.4 is 28.6 Å². The van der Waals surface area contributed by atoms with Crippen LogP contribution in [0.5, 0.6) is 28.7 Å². The van der Waals surface area contributed by atoms with Crippen molar-refractivity contribution in [1.82, 2.24) is 4.90 Å². The molecule has 2 aromatic rings. The molecule has 9 nitrogen and oxygen atoms in total. The lowest BCUT2D eigenvalue weighted by Crippen LogP contribution is -2.34. The van der Waals surface area contributed by atoms with Gasteiger partial charge >= 0.3 is 0 Å². The van der Waals surface area contributed by atoms with E-state index >= 15 is 0 Å². The van der Waals surface area contributed by atoms with E-state index in [-0.39, 0.29) is 24.8 Å². The van der Waals surface area contributed by atoms with Crippen LogP contribution in [0.4, 0.5) is 5.69 Å². The van der Waals surface area contributed by atoms with Gasteiger partial charge in [0.15, 0.2) is 23.0 Å². The fourth-order valence-electron chi connectivity index (χ4n) is 4.20. The Kier molecular flexibility index (Phi) is 6.48. The standard InChI is InChI=1S/C24H28N2O7/c1-25(13-15-5-6-18-19(9-15)33-8-7-32-18)24(28)16-10-22(27)26(14-16)17-11-20(29-2)23(31-4)21(12-17)30-3/h5-6,9,11-12,16H,7-8,10,13-14H2,1-4H3. The first-order chi connectivity index (χ1) is 15.9. The maximum Gasteiger partial charge on any atom is 0.228 e. The lowest BCUT2D eigenvalue weighted by molar-refractivity contribution is -0.135. The summed E-state index contributed by atoms with van der Waals surface area (Å²) in [7, 11) is 6.30. The molecule has 33 heavy (non-hydrogen) atoms. The van der Waals surface area contributed by atoms with E-state index in [1.165, 1.54) is 21.3 Å². The average Bonchev–Trinajstić information content (AvgIpc) is 3.23. The number of carbonyl (C=O) groups excluding carboxylic acids is 2. The van der Waals surface area contributed by atoms with Crippen molar-refractivity contribution >= 4 is 17.5 Å². The summed E-state index contributed by atoms with van der Waals surface area (Å²) in [5, 5.41) is 0. The third kappa shape index (κ3) is 4.48. The van der Waals surface area contributed by atoms with Gasteiger partial charge in [-0.1, -0.05) is 6.07 Å². The molecule has 0 aliphatic carbocycles. The van der Waals surface area contributed by atoms with Crippen molar-refractivity contribution in [2.45, 2.75) is 13.0 Å². The molecule has 4 rings (SSSR count). The predicted molar refractivity (Wildman–Crippen MR) is 120 cm³/mol. The molecule has 0 radical (unpaired) electrons. The van der Waals surface area contributed by atoms with Crippen molar-refractivity contribution in [3.05, 3.63) is 35.9 Å². The van der Waals surface area contributed by atoms with Crippen LogP contribution in [0.2, 0.25) is 0 Å². The molecule has 1 atom stereocenters. The van der Waals surface area contributed by atoms with Gasteiger partial charge in [0, 0.05) is 38.7 Å². The monoisotopic (exact) mass is 456 g/mol. The molecule has 0 aromatic heterocycles. The van der Waals surface area contributed by atoms with Gasteiger partial charge in [-0.3, -0.25) is 9.59 Å². The van der Waals surface area contributed by atoms with Crippen molar-refractivity contribution in [2.75, 3.05) is 53.0 Å². The number of benzene rings is 2. The fraction of sp³-hybridized carbons (Fsp3) is 0.417. The Morgan fingerprint density at radius 2 is 1.70 bits per heavy atom. The lowest BCUT2D eigenvalue weighted by Gasteiger charge is -2.23. The summed E-state index contributed by atoms with van der Waals surface area (Å²) in [6, 6.07) is 9.09. The van der Waals surface area contributed by atoms with Crippen molar-refractivity contribution in [2.24, 2.45) is 5.92 Å². The van der Waals surface area contributed by atoms with E-state index in [9.17, 15) is 9.59 Å². The summed E-state index contributed by atoms with van der Waals surface area (Å²) in [5.74, 6) is 2.07. The molecule has 1 fully saturated rings. The number of rotatable bonds is 7. The minimum absolute atomic E-state index is 0.0896. The molecule has 1 saturated heterocycles. The van der Waals surface area contributed by atoms with E-state index in [0.29, 0.717) is 54.2 Å². The van der Waals surface area contributed by atoms with E-state index in [4.69, 9.17) is 23.7 Å². The van der Waals surface area contributed by atoms with Gasteiger partial charge in [0.25, 0.3) is 0 Å². The molecule has 176 valence electrons. The highest BCUT2D eigenvalue weighted by Crippen LogP contribution is 2.42. The molecule has 0 saturated carbocycles. The van der Waals surface area contributed by atoms with Crippen LogP contribution in [0, 0.1) is 5.92 Å². The third-order valence-corrected chi connectivity index (χ3v) is 5.84. The van der Waals surface area contributed by atoms with Gasteiger partial charge in [0.2, 0.25) is 17.6 Å². The molecule has 2 aliphatic rings. The zero-order valence-corrected chi connectivity index (χ0v) is 19.3. The molecule has 2 heterocycles. The summed E-state index contributed by atoms with van der Waals surface area (Å²) in [5.41, 5.74) is 1.53. The second-order valence-corrected chi connectivity index (χ2v) is 7.96. The smallest absolute Gasteiger partial charge is 0.228 e. The largest absolute Gasteiger partial charge is 0.493 e. The fourth-order valence-corrected chi connectivity index (χ4v) is 4.20. The first-order valence-electron chi connectivity index (χ1n) is 10.7. The second kappa shape index (κ2) is 9.48. The number of ether oxygens (including phenoxy) is 5. The third-order valence-electron chi connectivity index (χ3n) is 5.84. The van der Waals surface area contributed by atoms with Crippen LogP contribution >= 0.6 is 0 Å². The summed E-state index contributed by atoms with van der Waals surface area (Å²) in [6.07, 6.45) is 0.140. The van der Waals surface area contributed by atoms with Crippen molar-refractivity contribution < 1.29 is 33.3 Å². The Morgan fingerprint density at radius 3 is 2.33 bits per heavy atom. The van der Waals surface area contributed by atoms with Crippen LogP contribution in [0.3, 0.4) is 0 Å². The summed E-state index contributed by atoms with van der Waals surface area (Å²) < 4.78 is 27.3. The van der Waals surface area contributed by atoms with Gasteiger partial charge in [0.1, 0.15) is 13.2 Å². The van der Waals surface area contributed by atoms with Crippen LogP contribution in [-0.4, -0.2) is 64.8 Å². The summed E-state index contributed by atoms with van der Waals surface area (Å²) in [6.45, 7) is 1.72. The molecule has 1 unspecified atom stereocenters. The molecule has 2 aromatic carbocycles. The van der Waals surface area contributed by atoms with Crippen LogP contribution in [0.1, 0.15) is 12.0 Å². The molecule has 9 heteroatoms. The molecular formula is C24H28N2O7. The van der Waals surface area contributed by atoms with E-state index in [1.54, 1.807) is 29.0 Å². The number of hydrogen-bond donors (Lipinski definition) is 0. The van der Waals surface area contributed by atoms with Gasteiger partial charge < -0.3 is 33.5 Å². The minimum Gasteiger partial charge on any atom is -0.493 e. The second-order valence-electron chi connectivity index (χ2n) is 7.96. The minimum atomic E-state index is -0.446. The number of hydrogen-bond acceptors (Lipinski definition) is 7. The maximum absolute atomic E-state index is 13.1. The van der Waals surface area contributed by atoms with Crippen molar-refractivity contribution in [3.63, 3.8) is 0 Å². The zero-order valence-electron chi connectivity index (χ0n) is 19.3.